The van der Waals surface area contributed by atoms with Gasteiger partial charge in [0.1, 0.15) is 28.5 Å². The van der Waals surface area contributed by atoms with Gasteiger partial charge in [0.05, 0.1) is 12.5 Å². The van der Waals surface area contributed by atoms with Crippen molar-refractivity contribution in [3.63, 3.8) is 0 Å². The quantitative estimate of drug-likeness (QED) is 0.178. The number of methoxy groups -OCH3 is 1. The fourth-order valence-electron chi connectivity index (χ4n) is 7.06. The number of ether oxygens (including phenoxy) is 2. The summed E-state index contributed by atoms with van der Waals surface area (Å²) in [6.07, 6.45) is 0. The van der Waals surface area contributed by atoms with E-state index in [-0.39, 0.29) is 0 Å². The van der Waals surface area contributed by atoms with Crippen LogP contribution >= 0.6 is 0 Å². The molecule has 0 spiro atoms. The Morgan fingerprint density at radius 1 is 0.489 bits per heavy atom. The molecule has 1 aliphatic rings. The predicted molar refractivity (Wildman–Crippen MR) is 187 cm³/mol. The highest BCUT2D eigenvalue weighted by atomic mass is 16.5. The van der Waals surface area contributed by atoms with E-state index >= 15 is 0 Å². The van der Waals surface area contributed by atoms with Crippen LogP contribution in [0.2, 0.25) is 0 Å². The van der Waals surface area contributed by atoms with Crippen molar-refractivity contribution in [3.05, 3.63) is 185 Å². The molecule has 2 N–H and O–H groups in total. The Kier molecular flexibility index (Phi) is 7.51. The summed E-state index contributed by atoms with van der Waals surface area (Å²) in [7, 11) is 1.59. The number of rotatable bonds is 8. The first kappa shape index (κ1) is 30.5. The highest BCUT2D eigenvalue weighted by Crippen LogP contribution is 2.56. The standard InChI is InChI=1S/C43H38O4/c1-29-13-15-32(16-14-29)43(39-11-7-5-9-37(39)38-10-6-8-12-40(38)43)33-21-27-36(28-22-33)47-35-25-19-31(20-26-35)42(3,45)41(2,44)30-17-23-34(46-4)24-18-30/h5-28,44-45H,1-4H3. The molecule has 2 unspecified atom stereocenters. The van der Waals surface area contributed by atoms with Crippen molar-refractivity contribution in [3.8, 4) is 28.4 Å². The van der Waals surface area contributed by atoms with Gasteiger partial charge in [0.2, 0.25) is 0 Å². The van der Waals surface area contributed by atoms with Crippen LogP contribution in [0.25, 0.3) is 11.1 Å². The Morgan fingerprint density at radius 2 is 0.872 bits per heavy atom. The molecule has 0 saturated carbocycles. The lowest BCUT2D eigenvalue weighted by Crippen LogP contribution is -2.45. The molecule has 7 rings (SSSR count). The Morgan fingerprint density at radius 3 is 1.32 bits per heavy atom. The molecule has 47 heavy (non-hydrogen) atoms. The zero-order chi connectivity index (χ0) is 32.8. The summed E-state index contributed by atoms with van der Waals surface area (Å²) in [5, 5.41) is 23.0. The zero-order valence-corrected chi connectivity index (χ0v) is 27.1. The van der Waals surface area contributed by atoms with Gasteiger partial charge in [-0.3, -0.25) is 0 Å². The van der Waals surface area contributed by atoms with Crippen LogP contribution in [0.15, 0.2) is 146 Å². The van der Waals surface area contributed by atoms with E-state index in [1.54, 1.807) is 57.4 Å². The van der Waals surface area contributed by atoms with Crippen molar-refractivity contribution in [1.82, 2.24) is 0 Å². The van der Waals surface area contributed by atoms with Crippen LogP contribution in [0.4, 0.5) is 0 Å². The second-order valence-corrected chi connectivity index (χ2v) is 12.7. The van der Waals surface area contributed by atoms with E-state index in [1.807, 2.05) is 24.3 Å². The average Bonchev–Trinajstić information content (AvgIpc) is 3.40. The first-order valence-electron chi connectivity index (χ1n) is 15.9. The first-order valence-corrected chi connectivity index (χ1v) is 15.9. The van der Waals surface area contributed by atoms with E-state index in [4.69, 9.17) is 9.47 Å². The van der Waals surface area contributed by atoms with Crippen molar-refractivity contribution in [2.24, 2.45) is 0 Å². The molecule has 1 aliphatic carbocycles. The summed E-state index contributed by atoms with van der Waals surface area (Å²) < 4.78 is 11.5. The summed E-state index contributed by atoms with van der Waals surface area (Å²) >= 11 is 0. The fraction of sp³-hybridized carbons (Fsp3) is 0.163. The molecule has 0 fully saturated rings. The van der Waals surface area contributed by atoms with E-state index in [0.717, 1.165) is 0 Å². The molecule has 0 radical (unpaired) electrons. The Labute approximate surface area is 276 Å². The highest BCUT2D eigenvalue weighted by molar-refractivity contribution is 5.86. The molecule has 0 amide bonds. The second kappa shape index (κ2) is 11.6. The third-order valence-corrected chi connectivity index (χ3v) is 9.98. The SMILES string of the molecule is COc1ccc(C(C)(O)C(C)(O)c2ccc(Oc3ccc(C4(c5ccc(C)cc5)c5ccccc5-c5ccccc54)cc3)cc2)cc1. The van der Waals surface area contributed by atoms with E-state index in [0.29, 0.717) is 28.4 Å². The van der Waals surface area contributed by atoms with Crippen LogP contribution in [0, 0.1) is 6.92 Å². The maximum absolute atomic E-state index is 11.6. The summed E-state index contributed by atoms with van der Waals surface area (Å²) in [6.45, 7) is 5.36. The van der Waals surface area contributed by atoms with Crippen molar-refractivity contribution in [1.29, 1.82) is 0 Å². The minimum atomic E-state index is -1.57. The topological polar surface area (TPSA) is 58.9 Å². The normalized spacial score (nSPS) is 15.5. The molecule has 0 heterocycles. The molecule has 6 aromatic rings. The molecule has 234 valence electrons. The minimum Gasteiger partial charge on any atom is -0.497 e. The molecular formula is C43H38O4. The van der Waals surface area contributed by atoms with Crippen LogP contribution in [0.5, 0.6) is 17.2 Å². The van der Waals surface area contributed by atoms with Gasteiger partial charge in [0.25, 0.3) is 0 Å². The largest absolute Gasteiger partial charge is 0.497 e. The maximum atomic E-state index is 11.6. The van der Waals surface area contributed by atoms with Crippen molar-refractivity contribution >= 4 is 0 Å². The lowest BCUT2D eigenvalue weighted by Gasteiger charge is -2.39. The monoisotopic (exact) mass is 618 g/mol. The van der Waals surface area contributed by atoms with Gasteiger partial charge in [-0.2, -0.15) is 0 Å². The van der Waals surface area contributed by atoms with Crippen molar-refractivity contribution in [2.45, 2.75) is 37.4 Å². The van der Waals surface area contributed by atoms with Gasteiger partial charge in [-0.05, 0) is 102 Å². The fourth-order valence-corrected chi connectivity index (χ4v) is 7.06. The number of hydrogen-bond donors (Lipinski definition) is 2. The highest BCUT2D eigenvalue weighted by Gasteiger charge is 2.46. The average molecular weight is 619 g/mol. The third kappa shape index (κ3) is 4.93. The van der Waals surface area contributed by atoms with Crippen LogP contribution in [0.3, 0.4) is 0 Å². The van der Waals surface area contributed by atoms with E-state index in [1.165, 1.54) is 38.9 Å². The van der Waals surface area contributed by atoms with Crippen LogP contribution in [-0.4, -0.2) is 17.3 Å². The smallest absolute Gasteiger partial charge is 0.127 e. The molecule has 0 aromatic heterocycles. The zero-order valence-electron chi connectivity index (χ0n) is 27.1. The second-order valence-electron chi connectivity index (χ2n) is 12.7. The molecule has 6 aromatic carbocycles. The molecule has 4 nitrogen and oxygen atoms in total. The third-order valence-electron chi connectivity index (χ3n) is 9.98. The Balaban J connectivity index is 1.20. The van der Waals surface area contributed by atoms with Gasteiger partial charge in [0.15, 0.2) is 0 Å². The van der Waals surface area contributed by atoms with Crippen LogP contribution in [0.1, 0.15) is 52.8 Å². The predicted octanol–water partition coefficient (Wildman–Crippen LogP) is 9.27. The number of aliphatic hydroxyl groups is 2. The van der Waals surface area contributed by atoms with E-state index in [2.05, 4.69) is 91.9 Å². The van der Waals surface area contributed by atoms with E-state index < -0.39 is 16.6 Å². The lowest BCUT2D eigenvalue weighted by atomic mass is 9.67. The number of hydrogen-bond acceptors (Lipinski definition) is 4. The molecule has 2 atom stereocenters. The molecule has 0 bridgehead atoms. The number of aryl methyl sites for hydroxylation is 1. The summed E-state index contributed by atoms with van der Waals surface area (Å²) in [5.41, 5.74) is 6.23. The van der Waals surface area contributed by atoms with E-state index in [9.17, 15) is 10.2 Å². The van der Waals surface area contributed by atoms with Gasteiger partial charge in [-0.25, -0.2) is 0 Å². The van der Waals surface area contributed by atoms with Gasteiger partial charge in [-0.15, -0.1) is 0 Å². The minimum absolute atomic E-state index is 0.465. The lowest BCUT2D eigenvalue weighted by molar-refractivity contribution is -0.143. The van der Waals surface area contributed by atoms with Gasteiger partial charge >= 0.3 is 0 Å². The van der Waals surface area contributed by atoms with Crippen molar-refractivity contribution in [2.75, 3.05) is 7.11 Å². The summed E-state index contributed by atoms with van der Waals surface area (Å²) in [6, 6.07) is 49.0. The molecule has 0 aliphatic heterocycles. The maximum Gasteiger partial charge on any atom is 0.127 e. The Bertz CT molecular complexity index is 1980. The van der Waals surface area contributed by atoms with Gasteiger partial charge in [0, 0.05) is 0 Å². The number of benzene rings is 6. The summed E-state index contributed by atoms with van der Waals surface area (Å²) in [4.78, 5) is 0. The first-order chi connectivity index (χ1) is 22.7. The Hall–Kier alpha value is -5.16. The molecule has 4 heteroatoms. The molecular weight excluding hydrogens is 580 g/mol. The number of fused-ring (bicyclic) bond motifs is 3. The van der Waals surface area contributed by atoms with Crippen molar-refractivity contribution < 1.29 is 19.7 Å². The summed E-state index contributed by atoms with van der Waals surface area (Å²) in [5.74, 6) is 2.02. The molecule has 0 saturated heterocycles. The van der Waals surface area contributed by atoms with Gasteiger partial charge in [-0.1, -0.05) is 115 Å². The van der Waals surface area contributed by atoms with Crippen LogP contribution < -0.4 is 9.47 Å². The van der Waals surface area contributed by atoms with Gasteiger partial charge < -0.3 is 19.7 Å². The van der Waals surface area contributed by atoms with Crippen LogP contribution in [-0.2, 0) is 16.6 Å².